The zero-order chi connectivity index (χ0) is 13.3. The average Bonchev–Trinajstić information content (AvgIpc) is 2.78. The number of unbranched alkanes of at least 4 members (excludes halogenated alkanes) is 1. The summed E-state index contributed by atoms with van der Waals surface area (Å²) in [4.78, 5) is 35.9. The van der Waals surface area contributed by atoms with Gasteiger partial charge in [-0.15, -0.1) is 0 Å². The summed E-state index contributed by atoms with van der Waals surface area (Å²) in [5.74, 6) is 0.275. The Hall–Kier alpha value is -2.05. The van der Waals surface area contributed by atoms with Crippen LogP contribution in [0.15, 0.2) is 24.6 Å². The Morgan fingerprint density at radius 3 is 2.56 bits per heavy atom. The van der Waals surface area contributed by atoms with Crippen molar-refractivity contribution in [2.75, 3.05) is 6.54 Å². The highest BCUT2D eigenvalue weighted by Gasteiger charge is 2.13. The van der Waals surface area contributed by atoms with Crippen LogP contribution in [0.2, 0.25) is 0 Å². The molecular formula is C11H15N5O2. The third-order valence-corrected chi connectivity index (χ3v) is 2.79. The van der Waals surface area contributed by atoms with E-state index in [-0.39, 0.29) is 11.3 Å². The Kier molecular flexibility index (Phi) is 3.22. The highest BCUT2D eigenvalue weighted by molar-refractivity contribution is 5.82. The van der Waals surface area contributed by atoms with Crippen LogP contribution >= 0.6 is 0 Å². The van der Waals surface area contributed by atoms with Crippen LogP contribution in [-0.2, 0) is 14.1 Å². The van der Waals surface area contributed by atoms with E-state index in [1.165, 1.54) is 11.6 Å². The van der Waals surface area contributed by atoms with Crippen molar-refractivity contribution in [3.05, 3.63) is 31.7 Å². The number of hydrogen-bond donors (Lipinski definition) is 0. The number of nitrogens with zero attached hydrogens (tertiary/aromatic N) is 5. The van der Waals surface area contributed by atoms with Crippen LogP contribution in [0.25, 0.3) is 0 Å². The molecule has 0 aromatic carbocycles. The predicted octanol–water partition coefficient (Wildman–Crippen LogP) is -1.51. The topological polar surface area (TPSA) is 81.1 Å². The van der Waals surface area contributed by atoms with E-state index in [0.29, 0.717) is 12.0 Å². The average molecular weight is 249 g/mol. The lowest BCUT2D eigenvalue weighted by atomic mass is 10.3. The molecule has 0 saturated heterocycles. The van der Waals surface area contributed by atoms with Gasteiger partial charge in [-0.25, -0.2) is 14.8 Å². The molecular weight excluding hydrogens is 234 g/mol. The van der Waals surface area contributed by atoms with Gasteiger partial charge in [0.2, 0.25) is 5.96 Å². The van der Waals surface area contributed by atoms with Crippen molar-refractivity contribution in [2.24, 2.45) is 29.1 Å². The summed E-state index contributed by atoms with van der Waals surface area (Å²) in [5, 5.41) is 0.190. The van der Waals surface area contributed by atoms with Gasteiger partial charge < -0.3 is 0 Å². The van der Waals surface area contributed by atoms with E-state index in [1.807, 2.05) is 0 Å². The number of rotatable bonds is 3. The van der Waals surface area contributed by atoms with E-state index in [2.05, 4.69) is 21.9 Å². The van der Waals surface area contributed by atoms with Gasteiger partial charge in [0.1, 0.15) is 0 Å². The Morgan fingerprint density at radius 1 is 1.17 bits per heavy atom. The highest BCUT2D eigenvalue weighted by Crippen LogP contribution is 1.90. The van der Waals surface area contributed by atoms with Crippen molar-refractivity contribution in [1.82, 2.24) is 9.13 Å². The lowest BCUT2D eigenvalue weighted by Crippen LogP contribution is -2.55. The minimum Gasteiger partial charge on any atom is -0.279 e. The molecule has 0 bridgehead atoms. The monoisotopic (exact) mass is 249 g/mol. The van der Waals surface area contributed by atoms with Gasteiger partial charge >= 0.3 is 5.69 Å². The molecule has 0 atom stereocenters. The lowest BCUT2D eigenvalue weighted by molar-refractivity contribution is 0.648. The molecule has 18 heavy (non-hydrogen) atoms. The molecule has 2 rings (SSSR count). The number of aliphatic imine (C=N–C) groups is 1. The van der Waals surface area contributed by atoms with Crippen molar-refractivity contribution in [3.63, 3.8) is 0 Å². The van der Waals surface area contributed by atoms with Crippen LogP contribution < -0.4 is 22.1 Å². The summed E-state index contributed by atoms with van der Waals surface area (Å²) < 4.78 is 2.33. The standard InChI is InChI=1S/C11H15N5O2/c1-4-5-6-12-10-13-7-8(14-10)15(2)11(18)16(3)9(7)17/h4-6H2,1-3H3. The SMILES string of the molecule is CCCCN=C1N=c2c(=O)n(C)c(=O)n(C)c2=N1. The zero-order valence-electron chi connectivity index (χ0n) is 10.7. The van der Waals surface area contributed by atoms with Crippen LogP contribution in [0.4, 0.5) is 0 Å². The fourth-order valence-corrected chi connectivity index (χ4v) is 1.67. The quantitative estimate of drug-likeness (QED) is 0.610. The first-order chi connectivity index (χ1) is 8.56. The number of guanidine groups is 1. The van der Waals surface area contributed by atoms with Crippen LogP contribution in [0.5, 0.6) is 0 Å². The molecule has 0 N–H and O–H groups in total. The molecule has 0 saturated carbocycles. The second kappa shape index (κ2) is 4.67. The van der Waals surface area contributed by atoms with E-state index in [0.717, 1.165) is 17.4 Å². The van der Waals surface area contributed by atoms with Crippen LogP contribution in [-0.4, -0.2) is 21.6 Å². The van der Waals surface area contributed by atoms with E-state index in [1.54, 1.807) is 7.05 Å². The Bertz CT molecular complexity index is 738. The second-order valence-corrected chi connectivity index (χ2v) is 4.14. The second-order valence-electron chi connectivity index (χ2n) is 4.14. The Labute approximate surface area is 103 Å². The maximum absolute atomic E-state index is 11.9. The number of aromatic nitrogens is 2. The van der Waals surface area contributed by atoms with Gasteiger partial charge in [-0.05, 0) is 6.42 Å². The van der Waals surface area contributed by atoms with Crippen LogP contribution in [0.3, 0.4) is 0 Å². The predicted molar refractivity (Wildman–Crippen MR) is 66.4 cm³/mol. The van der Waals surface area contributed by atoms with Crippen molar-refractivity contribution >= 4 is 5.96 Å². The first kappa shape index (κ1) is 12.4. The Morgan fingerprint density at radius 2 is 1.89 bits per heavy atom. The van der Waals surface area contributed by atoms with Gasteiger partial charge in [-0.3, -0.25) is 13.9 Å². The lowest BCUT2D eigenvalue weighted by Gasteiger charge is -1.98. The van der Waals surface area contributed by atoms with Crippen molar-refractivity contribution in [3.8, 4) is 0 Å². The van der Waals surface area contributed by atoms with Gasteiger partial charge in [0, 0.05) is 20.6 Å². The molecule has 0 unspecified atom stereocenters. The fourth-order valence-electron chi connectivity index (χ4n) is 1.67. The number of fused-ring (bicyclic) bond motifs is 1. The third kappa shape index (κ3) is 1.92. The summed E-state index contributed by atoms with van der Waals surface area (Å²) in [6, 6.07) is 0. The fraction of sp³-hybridized carbons (Fsp3) is 0.545. The van der Waals surface area contributed by atoms with Gasteiger partial charge in [-0.1, -0.05) is 13.3 Å². The van der Waals surface area contributed by atoms with Crippen LogP contribution in [0, 0.1) is 0 Å². The molecule has 1 aromatic heterocycles. The molecule has 2 heterocycles. The van der Waals surface area contributed by atoms with Gasteiger partial charge in [0.15, 0.2) is 10.8 Å². The molecule has 7 nitrogen and oxygen atoms in total. The summed E-state index contributed by atoms with van der Waals surface area (Å²) in [6.07, 6.45) is 1.98. The molecule has 0 radical (unpaired) electrons. The third-order valence-electron chi connectivity index (χ3n) is 2.79. The van der Waals surface area contributed by atoms with E-state index < -0.39 is 11.2 Å². The maximum Gasteiger partial charge on any atom is 0.332 e. The molecule has 0 amide bonds. The van der Waals surface area contributed by atoms with Crippen LogP contribution in [0.1, 0.15) is 19.8 Å². The molecule has 96 valence electrons. The van der Waals surface area contributed by atoms with Crippen molar-refractivity contribution in [2.45, 2.75) is 19.8 Å². The van der Waals surface area contributed by atoms with E-state index in [9.17, 15) is 9.59 Å². The summed E-state index contributed by atoms with van der Waals surface area (Å²) >= 11 is 0. The molecule has 1 aliphatic heterocycles. The summed E-state index contributed by atoms with van der Waals surface area (Å²) in [7, 11) is 2.99. The number of hydrogen-bond acceptors (Lipinski definition) is 3. The van der Waals surface area contributed by atoms with Gasteiger partial charge in [-0.2, -0.15) is 4.99 Å². The zero-order valence-corrected chi connectivity index (χ0v) is 10.7. The minimum absolute atomic E-state index is 0.190. The molecule has 0 fully saturated rings. The van der Waals surface area contributed by atoms with E-state index in [4.69, 9.17) is 0 Å². The minimum atomic E-state index is -0.433. The van der Waals surface area contributed by atoms with Crippen molar-refractivity contribution in [1.29, 1.82) is 0 Å². The van der Waals surface area contributed by atoms with Gasteiger partial charge in [0.05, 0.1) is 0 Å². The van der Waals surface area contributed by atoms with Gasteiger partial charge in [0.25, 0.3) is 5.56 Å². The van der Waals surface area contributed by atoms with E-state index >= 15 is 0 Å². The smallest absolute Gasteiger partial charge is 0.279 e. The van der Waals surface area contributed by atoms with Crippen molar-refractivity contribution < 1.29 is 0 Å². The first-order valence-electron chi connectivity index (χ1n) is 5.84. The Balaban J connectivity index is 2.63. The normalized spacial score (nSPS) is 15.4. The molecule has 1 aliphatic rings. The first-order valence-corrected chi connectivity index (χ1v) is 5.84. The molecule has 7 heteroatoms. The molecule has 0 aliphatic carbocycles. The summed E-state index contributed by atoms with van der Waals surface area (Å²) in [6.45, 7) is 2.69. The summed E-state index contributed by atoms with van der Waals surface area (Å²) in [5.41, 5.74) is -0.552. The largest absolute Gasteiger partial charge is 0.332 e. The molecule has 0 spiro atoms. The molecule has 1 aromatic rings. The maximum atomic E-state index is 11.9. The highest BCUT2D eigenvalue weighted by atomic mass is 16.2.